The summed E-state index contributed by atoms with van der Waals surface area (Å²) in [6, 6.07) is 7.51. The van der Waals surface area contributed by atoms with Crippen molar-refractivity contribution in [3.8, 4) is 11.1 Å². The quantitative estimate of drug-likeness (QED) is 0.689. The van der Waals surface area contributed by atoms with Crippen molar-refractivity contribution in [1.29, 1.82) is 0 Å². The first-order chi connectivity index (χ1) is 14.1. The first-order valence-corrected chi connectivity index (χ1v) is 8.77. The van der Waals surface area contributed by atoms with Gasteiger partial charge < -0.3 is 10.6 Å². The minimum absolute atomic E-state index is 0.0613. The van der Waals surface area contributed by atoms with Gasteiger partial charge in [-0.15, -0.1) is 0 Å². The highest BCUT2D eigenvalue weighted by Crippen LogP contribution is 2.34. The number of aromatic nitrogens is 3. The number of benzene rings is 1. The second kappa shape index (κ2) is 7.97. The van der Waals surface area contributed by atoms with E-state index in [1.165, 1.54) is 27.9 Å². The highest BCUT2D eigenvalue weighted by Gasteiger charge is 2.31. The molecule has 0 aliphatic carbocycles. The molecule has 0 saturated heterocycles. The Morgan fingerprint density at radius 2 is 1.80 bits per heavy atom. The van der Waals surface area contributed by atoms with E-state index in [1.807, 2.05) is 0 Å². The van der Waals surface area contributed by atoms with Crippen molar-refractivity contribution in [2.75, 3.05) is 19.0 Å². The molecular weight excluding hydrogens is 399 g/mol. The number of primary amides is 1. The molecule has 2 aromatic heterocycles. The number of alkyl halides is 3. The lowest BCUT2D eigenvalue weighted by Crippen LogP contribution is -2.31. The number of anilines is 1. The van der Waals surface area contributed by atoms with Gasteiger partial charge in [-0.25, -0.2) is 4.98 Å². The second-order valence-electron chi connectivity index (χ2n) is 6.73. The summed E-state index contributed by atoms with van der Waals surface area (Å²) in [6.07, 6.45) is -1.57. The average Bonchev–Trinajstić information content (AvgIpc) is 2.69. The van der Waals surface area contributed by atoms with E-state index in [0.717, 1.165) is 18.2 Å². The van der Waals surface area contributed by atoms with Gasteiger partial charge in [-0.05, 0) is 41.0 Å². The molecule has 0 aliphatic heterocycles. The average molecular weight is 417 g/mol. The zero-order chi connectivity index (χ0) is 22.1. The summed E-state index contributed by atoms with van der Waals surface area (Å²) < 4.78 is 41.1. The van der Waals surface area contributed by atoms with Gasteiger partial charge in [0, 0.05) is 32.6 Å². The molecule has 10 heteroatoms. The van der Waals surface area contributed by atoms with Crippen LogP contribution in [0.5, 0.6) is 0 Å². The van der Waals surface area contributed by atoms with Crippen LogP contribution in [0.4, 0.5) is 19.1 Å². The largest absolute Gasteiger partial charge is 0.416 e. The van der Waals surface area contributed by atoms with Crippen molar-refractivity contribution in [1.82, 2.24) is 14.5 Å². The van der Waals surface area contributed by atoms with E-state index in [2.05, 4.69) is 9.97 Å². The zero-order valence-electron chi connectivity index (χ0n) is 16.1. The maximum atomic E-state index is 13.3. The third-order valence-electron chi connectivity index (χ3n) is 4.40. The molecule has 156 valence electrons. The van der Waals surface area contributed by atoms with Crippen LogP contribution in [-0.2, 0) is 12.7 Å². The lowest BCUT2D eigenvalue weighted by Gasteiger charge is -2.20. The number of rotatable bonds is 5. The first-order valence-electron chi connectivity index (χ1n) is 8.77. The normalized spacial score (nSPS) is 11.4. The van der Waals surface area contributed by atoms with Crippen LogP contribution in [-0.4, -0.2) is 34.5 Å². The third-order valence-corrected chi connectivity index (χ3v) is 4.40. The van der Waals surface area contributed by atoms with E-state index in [9.17, 15) is 22.8 Å². The highest BCUT2D eigenvalue weighted by atomic mass is 19.4. The molecule has 2 heterocycles. The maximum absolute atomic E-state index is 13.3. The number of hydrogen-bond acceptors (Lipinski definition) is 5. The predicted octanol–water partition coefficient (Wildman–Crippen LogP) is 2.54. The fourth-order valence-corrected chi connectivity index (χ4v) is 2.97. The molecular formula is C20H18F3N5O2. The molecule has 0 unspecified atom stereocenters. The van der Waals surface area contributed by atoms with Gasteiger partial charge in [0.15, 0.2) is 0 Å². The number of carbonyl (C=O) groups excluding carboxylic acids is 1. The Kier molecular flexibility index (Phi) is 5.59. The molecule has 3 rings (SSSR count). The molecule has 1 amide bonds. The van der Waals surface area contributed by atoms with Gasteiger partial charge in [-0.2, -0.15) is 13.2 Å². The molecule has 0 fully saturated rings. The number of pyridine rings is 1. The molecule has 0 spiro atoms. The van der Waals surface area contributed by atoms with E-state index in [-0.39, 0.29) is 18.2 Å². The van der Waals surface area contributed by atoms with Crippen LogP contribution in [0.3, 0.4) is 0 Å². The Hall–Kier alpha value is -3.69. The first kappa shape index (κ1) is 21.0. The number of nitrogens with zero attached hydrogens (tertiary/aromatic N) is 4. The van der Waals surface area contributed by atoms with Gasteiger partial charge in [0.2, 0.25) is 5.95 Å². The van der Waals surface area contributed by atoms with Crippen molar-refractivity contribution >= 4 is 11.9 Å². The molecule has 0 aliphatic rings. The Balaban J connectivity index is 2.18. The molecule has 30 heavy (non-hydrogen) atoms. The Bertz CT molecular complexity index is 1140. The molecule has 3 aromatic rings. The monoisotopic (exact) mass is 417 g/mol. The van der Waals surface area contributed by atoms with Gasteiger partial charge in [0.25, 0.3) is 11.5 Å². The van der Waals surface area contributed by atoms with Crippen LogP contribution in [0.25, 0.3) is 11.1 Å². The van der Waals surface area contributed by atoms with Crippen molar-refractivity contribution in [3.63, 3.8) is 0 Å². The van der Waals surface area contributed by atoms with Crippen LogP contribution in [0, 0.1) is 0 Å². The summed E-state index contributed by atoms with van der Waals surface area (Å²) in [5.74, 6) is -0.703. The van der Waals surface area contributed by atoms with Crippen LogP contribution in [0.2, 0.25) is 0 Å². The van der Waals surface area contributed by atoms with Gasteiger partial charge in [0.1, 0.15) is 5.69 Å². The van der Waals surface area contributed by atoms with Crippen molar-refractivity contribution in [2.45, 2.75) is 12.7 Å². The number of halogens is 3. The maximum Gasteiger partial charge on any atom is 0.416 e. The van der Waals surface area contributed by atoms with E-state index in [1.54, 1.807) is 26.2 Å². The SMILES string of the molecule is CN(C)c1nc(C(N)=O)cc(=O)n1Cc1ccc(C(F)(F)F)cc1-c1ccncc1. The van der Waals surface area contributed by atoms with Crippen LogP contribution < -0.4 is 16.2 Å². The topological polar surface area (TPSA) is 94.1 Å². The standard InChI is InChI=1S/C20H18F3N5O2/c1-27(2)19-26-16(18(24)30)10-17(29)28(19)11-13-3-4-14(20(21,22)23)9-15(13)12-5-7-25-8-6-12/h3-10H,11H2,1-2H3,(H2,24,30). The van der Waals surface area contributed by atoms with E-state index in [4.69, 9.17) is 5.73 Å². The summed E-state index contributed by atoms with van der Waals surface area (Å²) in [6.45, 7) is -0.0613. The molecule has 7 nitrogen and oxygen atoms in total. The Morgan fingerprint density at radius 1 is 1.13 bits per heavy atom. The van der Waals surface area contributed by atoms with Gasteiger partial charge >= 0.3 is 6.18 Å². The van der Waals surface area contributed by atoms with Gasteiger partial charge in [-0.1, -0.05) is 6.07 Å². The predicted molar refractivity (Wildman–Crippen MR) is 105 cm³/mol. The summed E-state index contributed by atoms with van der Waals surface area (Å²) in [5, 5.41) is 0. The number of carbonyl (C=O) groups is 1. The Labute approximate surface area is 169 Å². The van der Waals surface area contributed by atoms with E-state index < -0.39 is 23.2 Å². The number of hydrogen-bond donors (Lipinski definition) is 1. The Morgan fingerprint density at radius 3 is 2.37 bits per heavy atom. The minimum Gasteiger partial charge on any atom is -0.364 e. The lowest BCUT2D eigenvalue weighted by molar-refractivity contribution is -0.137. The van der Waals surface area contributed by atoms with Crippen LogP contribution >= 0.6 is 0 Å². The minimum atomic E-state index is -4.52. The van der Waals surface area contributed by atoms with Crippen molar-refractivity contribution < 1.29 is 18.0 Å². The third kappa shape index (κ3) is 4.32. The lowest BCUT2D eigenvalue weighted by atomic mass is 9.97. The molecule has 0 radical (unpaired) electrons. The fraction of sp³-hybridized carbons (Fsp3) is 0.200. The highest BCUT2D eigenvalue weighted by molar-refractivity contribution is 5.90. The molecule has 2 N–H and O–H groups in total. The smallest absolute Gasteiger partial charge is 0.364 e. The van der Waals surface area contributed by atoms with E-state index in [0.29, 0.717) is 16.7 Å². The van der Waals surface area contributed by atoms with Crippen LogP contribution in [0.1, 0.15) is 21.6 Å². The molecule has 1 aromatic carbocycles. The molecule has 0 saturated carbocycles. The van der Waals surface area contributed by atoms with Gasteiger partial charge in [0.05, 0.1) is 12.1 Å². The van der Waals surface area contributed by atoms with Crippen molar-refractivity contribution in [3.05, 3.63) is 76.0 Å². The zero-order valence-corrected chi connectivity index (χ0v) is 16.1. The summed E-state index contributed by atoms with van der Waals surface area (Å²) in [4.78, 5) is 33.6. The summed E-state index contributed by atoms with van der Waals surface area (Å²) in [5.41, 5.74) is 4.98. The van der Waals surface area contributed by atoms with Crippen molar-refractivity contribution in [2.24, 2.45) is 5.73 Å². The molecule has 0 bridgehead atoms. The second-order valence-corrected chi connectivity index (χ2v) is 6.73. The summed E-state index contributed by atoms with van der Waals surface area (Å²) >= 11 is 0. The number of amides is 1. The molecule has 0 atom stereocenters. The summed E-state index contributed by atoms with van der Waals surface area (Å²) in [7, 11) is 3.25. The van der Waals surface area contributed by atoms with Crippen LogP contribution in [0.15, 0.2) is 53.6 Å². The van der Waals surface area contributed by atoms with E-state index >= 15 is 0 Å². The fourth-order valence-electron chi connectivity index (χ4n) is 2.97. The van der Waals surface area contributed by atoms with Gasteiger partial charge in [-0.3, -0.25) is 19.1 Å². The number of nitrogens with two attached hydrogens (primary N) is 1.